The second-order valence-corrected chi connectivity index (χ2v) is 7.56. The van der Waals surface area contributed by atoms with Crippen molar-refractivity contribution < 1.29 is 13.2 Å². The van der Waals surface area contributed by atoms with Gasteiger partial charge in [0.15, 0.2) is 0 Å². The molecule has 0 aliphatic carbocycles. The molecule has 0 aliphatic rings. The van der Waals surface area contributed by atoms with Crippen LogP contribution in [0.3, 0.4) is 0 Å². The minimum atomic E-state index is -3.52. The molecule has 0 bridgehead atoms. The maximum atomic E-state index is 12.0. The molecular formula is C14H24ClN3O3S. The van der Waals surface area contributed by atoms with E-state index < -0.39 is 15.4 Å². The summed E-state index contributed by atoms with van der Waals surface area (Å²) in [6.07, 6.45) is 0. The first-order valence-electron chi connectivity index (χ1n) is 6.72. The number of hydrogen-bond donors (Lipinski definition) is 3. The maximum Gasteiger partial charge on any atom is 0.240 e. The zero-order valence-corrected chi connectivity index (χ0v) is 14.8. The van der Waals surface area contributed by atoms with Crippen molar-refractivity contribution in [3.8, 4) is 0 Å². The normalized spacial score (nSPS) is 11.9. The predicted octanol–water partition coefficient (Wildman–Crippen LogP) is 1.72. The van der Waals surface area contributed by atoms with Crippen molar-refractivity contribution in [2.75, 3.05) is 11.9 Å². The molecule has 0 aromatic heterocycles. The summed E-state index contributed by atoms with van der Waals surface area (Å²) in [6.45, 7) is 7.22. The van der Waals surface area contributed by atoms with Crippen molar-refractivity contribution in [1.82, 2.24) is 4.72 Å². The predicted molar refractivity (Wildman–Crippen MR) is 90.6 cm³/mol. The minimum absolute atomic E-state index is 0. The smallest absolute Gasteiger partial charge is 0.240 e. The highest BCUT2D eigenvalue weighted by Gasteiger charge is 2.25. The fourth-order valence-electron chi connectivity index (χ4n) is 1.49. The number of carbonyl (C=O) groups is 1. The number of anilines is 1. The van der Waals surface area contributed by atoms with Crippen LogP contribution in [-0.2, 0) is 14.8 Å². The zero-order valence-electron chi connectivity index (χ0n) is 13.2. The molecular weight excluding hydrogens is 326 g/mol. The number of sulfonamides is 1. The van der Waals surface area contributed by atoms with Gasteiger partial charge in [-0.2, -0.15) is 0 Å². The lowest BCUT2D eigenvalue weighted by molar-refractivity contribution is -0.123. The molecule has 6 nitrogen and oxygen atoms in total. The number of hydrogen-bond acceptors (Lipinski definition) is 4. The van der Waals surface area contributed by atoms with E-state index in [9.17, 15) is 13.2 Å². The topological polar surface area (TPSA) is 101 Å². The molecule has 1 aromatic carbocycles. The fraction of sp³-hybridized carbons (Fsp3) is 0.500. The van der Waals surface area contributed by atoms with Crippen molar-refractivity contribution >= 4 is 34.0 Å². The van der Waals surface area contributed by atoms with Gasteiger partial charge in [-0.15, -0.1) is 12.4 Å². The molecule has 22 heavy (non-hydrogen) atoms. The lowest BCUT2D eigenvalue weighted by atomic mass is 9.92. The number of rotatable bonds is 6. The number of nitrogens with two attached hydrogens (primary N) is 1. The third kappa shape index (κ3) is 5.57. The first-order valence-corrected chi connectivity index (χ1v) is 8.21. The van der Waals surface area contributed by atoms with Crippen molar-refractivity contribution in [3.05, 3.63) is 24.3 Å². The number of amides is 1. The Kier molecular flexibility index (Phi) is 7.50. The van der Waals surface area contributed by atoms with Gasteiger partial charge in [0.2, 0.25) is 15.9 Å². The van der Waals surface area contributed by atoms with Crippen LogP contribution in [0.15, 0.2) is 29.2 Å². The van der Waals surface area contributed by atoms with E-state index in [0.29, 0.717) is 5.69 Å². The lowest BCUT2D eigenvalue weighted by Gasteiger charge is -2.21. The van der Waals surface area contributed by atoms with Crippen LogP contribution in [-0.4, -0.2) is 26.9 Å². The molecule has 0 radical (unpaired) electrons. The minimum Gasteiger partial charge on any atom is -0.329 e. The summed E-state index contributed by atoms with van der Waals surface area (Å²) < 4.78 is 26.4. The third-order valence-electron chi connectivity index (χ3n) is 2.94. The number of nitrogens with one attached hydrogen (secondary N) is 2. The van der Waals surface area contributed by atoms with Crippen LogP contribution < -0.4 is 15.8 Å². The molecule has 0 spiro atoms. The first kappa shape index (κ1) is 20.9. The van der Waals surface area contributed by atoms with E-state index in [1.54, 1.807) is 39.8 Å². The average Bonchev–Trinajstić information content (AvgIpc) is 2.37. The summed E-state index contributed by atoms with van der Waals surface area (Å²) in [6, 6.07) is 5.84. The molecule has 0 saturated heterocycles. The molecule has 126 valence electrons. The second kappa shape index (κ2) is 7.92. The summed E-state index contributed by atoms with van der Waals surface area (Å²) in [5.74, 6) is -0.207. The van der Waals surface area contributed by atoms with Gasteiger partial charge in [-0.3, -0.25) is 4.79 Å². The summed E-state index contributed by atoms with van der Waals surface area (Å²) in [5.41, 5.74) is 5.40. The van der Waals surface area contributed by atoms with Crippen LogP contribution in [0.2, 0.25) is 0 Å². The van der Waals surface area contributed by atoms with E-state index in [-0.39, 0.29) is 35.8 Å². The summed E-state index contributed by atoms with van der Waals surface area (Å²) in [7, 11) is -3.52. The van der Waals surface area contributed by atoms with Crippen LogP contribution >= 0.6 is 12.4 Å². The Bertz CT molecular complexity index is 598. The van der Waals surface area contributed by atoms with Crippen molar-refractivity contribution in [2.45, 2.75) is 38.6 Å². The summed E-state index contributed by atoms with van der Waals surface area (Å²) >= 11 is 0. The molecule has 1 amide bonds. The van der Waals surface area contributed by atoms with Crippen LogP contribution in [0.25, 0.3) is 0 Å². The Morgan fingerprint density at radius 3 is 2.14 bits per heavy atom. The Morgan fingerprint density at radius 1 is 1.23 bits per heavy atom. The molecule has 0 aliphatic heterocycles. The van der Waals surface area contributed by atoms with E-state index in [1.807, 2.05) is 0 Å². The van der Waals surface area contributed by atoms with Gasteiger partial charge in [-0.25, -0.2) is 13.1 Å². The Hall–Kier alpha value is -1.15. The zero-order chi connectivity index (χ0) is 16.3. The van der Waals surface area contributed by atoms with Gasteiger partial charge in [-0.1, -0.05) is 0 Å². The average molecular weight is 350 g/mol. The highest BCUT2D eigenvalue weighted by atomic mass is 35.5. The highest BCUT2D eigenvalue weighted by Crippen LogP contribution is 2.19. The molecule has 0 atom stereocenters. The fourth-order valence-corrected chi connectivity index (χ4v) is 2.74. The Morgan fingerprint density at radius 2 is 1.73 bits per heavy atom. The standard InChI is InChI=1S/C14H23N3O3S.ClH/c1-10(2)17-21(19,20)12-7-5-11(6-8-12)16-13(18)14(3,4)9-15;/h5-8,10,17H,9,15H2,1-4H3,(H,16,18);1H. The third-order valence-corrected chi connectivity index (χ3v) is 4.61. The van der Waals surface area contributed by atoms with Gasteiger partial charge >= 0.3 is 0 Å². The molecule has 1 aromatic rings. The summed E-state index contributed by atoms with van der Waals surface area (Å²) in [4.78, 5) is 12.1. The van der Waals surface area contributed by atoms with E-state index in [1.165, 1.54) is 12.1 Å². The number of carbonyl (C=O) groups excluding carboxylic acids is 1. The Balaban J connectivity index is 0.00000441. The largest absolute Gasteiger partial charge is 0.329 e. The van der Waals surface area contributed by atoms with Crippen LogP contribution in [0.5, 0.6) is 0 Å². The molecule has 0 fully saturated rings. The monoisotopic (exact) mass is 349 g/mol. The molecule has 1 rings (SSSR count). The van der Waals surface area contributed by atoms with Gasteiger partial charge in [0.05, 0.1) is 10.3 Å². The molecule has 4 N–H and O–H groups in total. The highest BCUT2D eigenvalue weighted by molar-refractivity contribution is 7.89. The van der Waals surface area contributed by atoms with Gasteiger partial charge in [0, 0.05) is 18.3 Å². The first-order chi connectivity index (χ1) is 9.58. The van der Waals surface area contributed by atoms with Gasteiger partial charge in [0.1, 0.15) is 0 Å². The van der Waals surface area contributed by atoms with Gasteiger partial charge in [0.25, 0.3) is 0 Å². The van der Waals surface area contributed by atoms with Crippen LogP contribution in [0, 0.1) is 5.41 Å². The van der Waals surface area contributed by atoms with E-state index in [4.69, 9.17) is 5.73 Å². The lowest BCUT2D eigenvalue weighted by Crippen LogP contribution is -2.37. The quantitative estimate of drug-likeness (QED) is 0.727. The number of halogens is 1. The molecule has 8 heteroatoms. The summed E-state index contributed by atoms with van der Waals surface area (Å²) in [5, 5.41) is 2.72. The maximum absolute atomic E-state index is 12.0. The van der Waals surface area contributed by atoms with Gasteiger partial charge < -0.3 is 11.1 Å². The molecule has 0 heterocycles. The SMILES string of the molecule is CC(C)NS(=O)(=O)c1ccc(NC(=O)C(C)(C)CN)cc1.Cl. The number of benzene rings is 1. The molecule has 0 saturated carbocycles. The van der Waals surface area contributed by atoms with E-state index in [2.05, 4.69) is 10.0 Å². The van der Waals surface area contributed by atoms with Gasteiger partial charge in [-0.05, 0) is 52.0 Å². The van der Waals surface area contributed by atoms with Crippen molar-refractivity contribution in [1.29, 1.82) is 0 Å². The second-order valence-electron chi connectivity index (χ2n) is 5.84. The van der Waals surface area contributed by atoms with E-state index >= 15 is 0 Å². The van der Waals surface area contributed by atoms with Crippen molar-refractivity contribution in [2.24, 2.45) is 11.1 Å². The van der Waals surface area contributed by atoms with Crippen LogP contribution in [0.4, 0.5) is 5.69 Å². The van der Waals surface area contributed by atoms with Crippen LogP contribution in [0.1, 0.15) is 27.7 Å². The van der Waals surface area contributed by atoms with E-state index in [0.717, 1.165) is 0 Å². The van der Waals surface area contributed by atoms with Crippen molar-refractivity contribution in [3.63, 3.8) is 0 Å². The Labute approximate surface area is 138 Å². The molecule has 0 unspecified atom stereocenters.